The van der Waals surface area contributed by atoms with Crippen molar-refractivity contribution in [3.8, 4) is 10.7 Å². The Hall–Kier alpha value is -1.80. The number of hydrogen-bond acceptors (Lipinski definition) is 6. The SMILES string of the molecule is CN1CCN(C(=O)Cn2nnc(-c3cccs3)n2)CC1. The van der Waals surface area contributed by atoms with E-state index in [2.05, 4.69) is 27.4 Å². The highest BCUT2D eigenvalue weighted by atomic mass is 32.1. The second-order valence-corrected chi connectivity index (χ2v) is 5.75. The van der Waals surface area contributed by atoms with Crippen LogP contribution in [0, 0.1) is 0 Å². The molecule has 1 saturated heterocycles. The number of thiophene rings is 1. The maximum absolute atomic E-state index is 12.2. The topological polar surface area (TPSA) is 67.2 Å². The van der Waals surface area contributed by atoms with Crippen LogP contribution in [0.1, 0.15) is 0 Å². The Labute approximate surface area is 120 Å². The Morgan fingerprint density at radius 2 is 2.15 bits per heavy atom. The van der Waals surface area contributed by atoms with Crippen LogP contribution in [0.3, 0.4) is 0 Å². The summed E-state index contributed by atoms with van der Waals surface area (Å²) in [6.07, 6.45) is 0. The molecule has 1 aliphatic rings. The normalized spacial score (nSPS) is 16.6. The van der Waals surface area contributed by atoms with E-state index in [1.165, 1.54) is 4.80 Å². The summed E-state index contributed by atoms with van der Waals surface area (Å²) in [5.74, 6) is 0.624. The molecule has 1 amide bonds. The fraction of sp³-hybridized carbons (Fsp3) is 0.500. The Morgan fingerprint density at radius 1 is 1.35 bits per heavy atom. The number of carbonyl (C=O) groups excluding carboxylic acids is 1. The van der Waals surface area contributed by atoms with Gasteiger partial charge in [-0.1, -0.05) is 6.07 Å². The molecule has 0 aromatic carbocycles. The Morgan fingerprint density at radius 3 is 2.85 bits per heavy atom. The minimum absolute atomic E-state index is 0.0493. The molecule has 2 aromatic heterocycles. The molecule has 3 heterocycles. The van der Waals surface area contributed by atoms with E-state index in [9.17, 15) is 4.79 Å². The van der Waals surface area contributed by atoms with Crippen molar-refractivity contribution < 1.29 is 4.79 Å². The lowest BCUT2D eigenvalue weighted by Crippen LogP contribution is -2.48. The van der Waals surface area contributed by atoms with Gasteiger partial charge in [0.1, 0.15) is 6.54 Å². The zero-order valence-corrected chi connectivity index (χ0v) is 12.1. The predicted octanol–water partition coefficient (Wildman–Crippen LogP) is 0.176. The summed E-state index contributed by atoms with van der Waals surface area (Å²) in [6.45, 7) is 3.51. The minimum atomic E-state index is 0.0493. The first-order chi connectivity index (χ1) is 9.72. The third-order valence-corrected chi connectivity index (χ3v) is 4.19. The van der Waals surface area contributed by atoms with Gasteiger partial charge in [0.25, 0.3) is 0 Å². The van der Waals surface area contributed by atoms with Crippen LogP contribution in [-0.4, -0.2) is 69.1 Å². The van der Waals surface area contributed by atoms with Crippen LogP contribution in [0.25, 0.3) is 10.7 Å². The second-order valence-electron chi connectivity index (χ2n) is 4.80. The van der Waals surface area contributed by atoms with Crippen LogP contribution >= 0.6 is 11.3 Å². The third kappa shape index (κ3) is 2.86. The average molecular weight is 292 g/mol. The van der Waals surface area contributed by atoms with Crippen LogP contribution in [0.15, 0.2) is 17.5 Å². The molecule has 0 atom stereocenters. The first-order valence-corrected chi connectivity index (χ1v) is 7.38. The molecule has 1 fully saturated rings. The first kappa shape index (κ1) is 13.2. The molecular weight excluding hydrogens is 276 g/mol. The van der Waals surface area contributed by atoms with Crippen molar-refractivity contribution in [2.24, 2.45) is 0 Å². The Kier molecular flexibility index (Phi) is 3.75. The monoisotopic (exact) mass is 292 g/mol. The van der Waals surface area contributed by atoms with E-state index in [1.54, 1.807) is 11.3 Å². The molecule has 0 radical (unpaired) electrons. The van der Waals surface area contributed by atoms with E-state index in [0.717, 1.165) is 31.1 Å². The van der Waals surface area contributed by atoms with Gasteiger partial charge >= 0.3 is 0 Å². The molecule has 0 spiro atoms. The standard InChI is InChI=1S/C12H16N6OS/c1-16-4-6-17(7-5-16)11(19)9-18-14-12(13-15-18)10-3-2-8-20-10/h2-3,8H,4-7,9H2,1H3. The summed E-state index contributed by atoms with van der Waals surface area (Å²) in [7, 11) is 2.06. The fourth-order valence-corrected chi connectivity index (χ4v) is 2.74. The lowest BCUT2D eigenvalue weighted by Gasteiger charge is -2.32. The molecule has 0 N–H and O–H groups in total. The van der Waals surface area contributed by atoms with Crippen molar-refractivity contribution in [2.75, 3.05) is 33.2 Å². The molecular formula is C12H16N6OS. The third-order valence-electron chi connectivity index (χ3n) is 3.33. The van der Waals surface area contributed by atoms with E-state index in [1.807, 2.05) is 22.4 Å². The van der Waals surface area contributed by atoms with Crippen molar-refractivity contribution in [3.63, 3.8) is 0 Å². The van der Waals surface area contributed by atoms with Gasteiger partial charge in [0, 0.05) is 26.2 Å². The average Bonchev–Trinajstić information content (AvgIpc) is 3.09. The maximum atomic E-state index is 12.2. The number of nitrogens with zero attached hydrogens (tertiary/aromatic N) is 6. The lowest BCUT2D eigenvalue weighted by molar-refractivity contribution is -0.133. The number of rotatable bonds is 3. The lowest BCUT2D eigenvalue weighted by atomic mass is 10.3. The van der Waals surface area contributed by atoms with E-state index >= 15 is 0 Å². The van der Waals surface area contributed by atoms with Crippen molar-refractivity contribution >= 4 is 17.2 Å². The van der Waals surface area contributed by atoms with Crippen LogP contribution < -0.4 is 0 Å². The van der Waals surface area contributed by atoms with Gasteiger partial charge in [-0.2, -0.15) is 4.80 Å². The quantitative estimate of drug-likeness (QED) is 0.807. The van der Waals surface area contributed by atoms with E-state index in [0.29, 0.717) is 5.82 Å². The first-order valence-electron chi connectivity index (χ1n) is 6.50. The summed E-state index contributed by atoms with van der Waals surface area (Å²) in [6, 6.07) is 3.88. The van der Waals surface area contributed by atoms with Crippen molar-refractivity contribution in [3.05, 3.63) is 17.5 Å². The van der Waals surface area contributed by atoms with Gasteiger partial charge in [-0.15, -0.1) is 21.5 Å². The largest absolute Gasteiger partial charge is 0.338 e. The molecule has 8 heteroatoms. The fourth-order valence-electron chi connectivity index (χ4n) is 2.09. The highest BCUT2D eigenvalue weighted by molar-refractivity contribution is 7.13. The van der Waals surface area contributed by atoms with Gasteiger partial charge in [-0.05, 0) is 23.7 Å². The summed E-state index contributed by atoms with van der Waals surface area (Å²) in [5, 5.41) is 14.1. The van der Waals surface area contributed by atoms with Gasteiger partial charge < -0.3 is 9.80 Å². The molecule has 2 aromatic rings. The Balaban J connectivity index is 1.62. The molecule has 0 unspecified atom stereocenters. The van der Waals surface area contributed by atoms with Crippen molar-refractivity contribution in [1.29, 1.82) is 0 Å². The smallest absolute Gasteiger partial charge is 0.246 e. The van der Waals surface area contributed by atoms with Crippen LogP contribution in [0.5, 0.6) is 0 Å². The Bertz CT molecular complexity index is 573. The van der Waals surface area contributed by atoms with Gasteiger partial charge in [0.05, 0.1) is 4.88 Å². The zero-order valence-electron chi connectivity index (χ0n) is 11.3. The molecule has 106 valence electrons. The molecule has 0 saturated carbocycles. The van der Waals surface area contributed by atoms with Gasteiger partial charge in [0.15, 0.2) is 0 Å². The zero-order chi connectivity index (χ0) is 13.9. The number of tetrazole rings is 1. The van der Waals surface area contributed by atoms with E-state index in [-0.39, 0.29) is 12.5 Å². The molecule has 0 aliphatic carbocycles. The molecule has 3 rings (SSSR count). The minimum Gasteiger partial charge on any atom is -0.338 e. The summed E-state index contributed by atoms with van der Waals surface area (Å²) in [5.41, 5.74) is 0. The van der Waals surface area contributed by atoms with Gasteiger partial charge in [-0.25, -0.2) is 0 Å². The molecule has 7 nitrogen and oxygen atoms in total. The number of aromatic nitrogens is 4. The highest BCUT2D eigenvalue weighted by Gasteiger charge is 2.20. The maximum Gasteiger partial charge on any atom is 0.246 e. The van der Waals surface area contributed by atoms with Crippen LogP contribution in [-0.2, 0) is 11.3 Å². The summed E-state index contributed by atoms with van der Waals surface area (Å²) in [4.78, 5) is 18.6. The molecule has 1 aliphatic heterocycles. The van der Waals surface area contributed by atoms with Crippen LogP contribution in [0.2, 0.25) is 0 Å². The van der Waals surface area contributed by atoms with Crippen LogP contribution in [0.4, 0.5) is 0 Å². The van der Waals surface area contributed by atoms with Gasteiger partial charge in [0.2, 0.25) is 11.7 Å². The molecule has 0 bridgehead atoms. The van der Waals surface area contributed by atoms with Crippen molar-refractivity contribution in [1.82, 2.24) is 30.0 Å². The highest BCUT2D eigenvalue weighted by Crippen LogP contribution is 2.19. The van der Waals surface area contributed by atoms with Gasteiger partial charge in [-0.3, -0.25) is 4.79 Å². The number of likely N-dealkylation sites (N-methyl/N-ethyl adjacent to an activating group) is 1. The predicted molar refractivity (Wildman–Crippen MR) is 75.2 cm³/mol. The second kappa shape index (κ2) is 5.68. The number of hydrogen-bond donors (Lipinski definition) is 0. The summed E-state index contributed by atoms with van der Waals surface area (Å²) >= 11 is 1.56. The number of carbonyl (C=O) groups is 1. The van der Waals surface area contributed by atoms with E-state index in [4.69, 9.17) is 0 Å². The van der Waals surface area contributed by atoms with Crippen molar-refractivity contribution in [2.45, 2.75) is 6.54 Å². The number of piperazine rings is 1. The summed E-state index contributed by atoms with van der Waals surface area (Å²) < 4.78 is 0. The number of amides is 1. The molecule has 20 heavy (non-hydrogen) atoms. The van der Waals surface area contributed by atoms with E-state index < -0.39 is 0 Å².